The summed E-state index contributed by atoms with van der Waals surface area (Å²) in [7, 11) is -1.38. The molecule has 0 saturated carbocycles. The second-order valence-electron chi connectivity index (χ2n) is 6.84. The standard InChI is InChI=1S/C22H18BNO2/c25-23(26)17-10-12-22-20(14-17)19-7-3-4-8-21(19)24(22)18-11-9-15-5-1-2-6-16(15)13-18/h1-9,11,13-14,25-26H,10,12H2. The fraction of sp³-hybridized carbons (Fsp3) is 0.0909. The molecule has 0 unspecified atom stereocenters. The minimum absolute atomic E-state index is 0.661. The third-order valence-corrected chi connectivity index (χ3v) is 5.32. The average molecular weight is 339 g/mol. The topological polar surface area (TPSA) is 45.4 Å². The summed E-state index contributed by atoms with van der Waals surface area (Å²) in [5.41, 5.74) is 5.30. The van der Waals surface area contributed by atoms with Crippen molar-refractivity contribution in [2.45, 2.75) is 12.8 Å². The predicted octanol–water partition coefficient (Wildman–Crippen LogP) is 4.13. The van der Waals surface area contributed by atoms with E-state index in [4.69, 9.17) is 0 Å². The van der Waals surface area contributed by atoms with Gasteiger partial charge in [0.15, 0.2) is 0 Å². The van der Waals surface area contributed by atoms with E-state index in [-0.39, 0.29) is 0 Å². The van der Waals surface area contributed by atoms with Crippen LogP contribution in [0, 0.1) is 0 Å². The summed E-state index contributed by atoms with van der Waals surface area (Å²) < 4.78 is 2.31. The SMILES string of the molecule is OB(O)C1=Cc2c(n(-c3ccc4ccccc4c3)c3ccccc23)CC1. The molecule has 0 bridgehead atoms. The predicted molar refractivity (Wildman–Crippen MR) is 107 cm³/mol. The summed E-state index contributed by atoms with van der Waals surface area (Å²) in [5.74, 6) is 0. The molecular weight excluding hydrogens is 321 g/mol. The molecule has 3 aromatic carbocycles. The Bertz CT molecular complexity index is 1170. The Morgan fingerprint density at radius 2 is 1.58 bits per heavy atom. The van der Waals surface area contributed by atoms with E-state index in [2.05, 4.69) is 65.2 Å². The Morgan fingerprint density at radius 1 is 0.808 bits per heavy atom. The second kappa shape index (κ2) is 5.87. The molecule has 5 rings (SSSR count). The van der Waals surface area contributed by atoms with Gasteiger partial charge < -0.3 is 14.6 Å². The smallest absolute Gasteiger partial charge is 0.423 e. The molecule has 1 aromatic heterocycles. The number of allylic oxidation sites excluding steroid dienone is 1. The average Bonchev–Trinajstić information content (AvgIpc) is 3.01. The highest BCUT2D eigenvalue weighted by Gasteiger charge is 2.25. The van der Waals surface area contributed by atoms with Gasteiger partial charge in [0.2, 0.25) is 0 Å². The summed E-state index contributed by atoms with van der Waals surface area (Å²) in [5, 5.41) is 22.8. The van der Waals surface area contributed by atoms with Gasteiger partial charge in [-0.15, -0.1) is 0 Å². The summed E-state index contributed by atoms with van der Waals surface area (Å²) in [6.45, 7) is 0. The zero-order chi connectivity index (χ0) is 17.7. The Kier molecular flexibility index (Phi) is 3.49. The summed E-state index contributed by atoms with van der Waals surface area (Å²) >= 11 is 0. The van der Waals surface area contributed by atoms with Gasteiger partial charge in [-0.2, -0.15) is 0 Å². The molecule has 0 amide bonds. The van der Waals surface area contributed by atoms with Crippen LogP contribution in [-0.4, -0.2) is 21.7 Å². The molecule has 1 aliphatic carbocycles. The Labute approximate surface area is 152 Å². The van der Waals surface area contributed by atoms with Gasteiger partial charge in [0.25, 0.3) is 0 Å². The highest BCUT2D eigenvalue weighted by Crippen LogP contribution is 2.36. The van der Waals surface area contributed by atoms with Gasteiger partial charge in [0, 0.05) is 22.3 Å². The van der Waals surface area contributed by atoms with Gasteiger partial charge in [-0.3, -0.25) is 0 Å². The lowest BCUT2D eigenvalue weighted by Crippen LogP contribution is -2.18. The van der Waals surface area contributed by atoms with Gasteiger partial charge in [-0.25, -0.2) is 0 Å². The van der Waals surface area contributed by atoms with E-state index in [1.807, 2.05) is 12.1 Å². The van der Waals surface area contributed by atoms with E-state index in [0.29, 0.717) is 11.9 Å². The fourth-order valence-electron chi connectivity index (χ4n) is 4.06. The van der Waals surface area contributed by atoms with Crippen LogP contribution in [0.1, 0.15) is 17.7 Å². The Hall–Kier alpha value is -2.82. The first kappa shape index (κ1) is 15.4. The molecule has 4 heteroatoms. The van der Waals surface area contributed by atoms with Crippen LogP contribution in [0.2, 0.25) is 0 Å². The lowest BCUT2D eigenvalue weighted by Gasteiger charge is -2.17. The largest absolute Gasteiger partial charge is 0.484 e. The first-order valence-corrected chi connectivity index (χ1v) is 8.90. The molecule has 0 fully saturated rings. The molecule has 1 heterocycles. The zero-order valence-corrected chi connectivity index (χ0v) is 14.3. The van der Waals surface area contributed by atoms with E-state index >= 15 is 0 Å². The normalized spacial score (nSPS) is 13.7. The number of para-hydroxylation sites is 1. The van der Waals surface area contributed by atoms with Crippen LogP contribution in [0.3, 0.4) is 0 Å². The molecule has 126 valence electrons. The van der Waals surface area contributed by atoms with Crippen molar-refractivity contribution in [3.8, 4) is 5.69 Å². The number of hydrogen-bond donors (Lipinski definition) is 2. The van der Waals surface area contributed by atoms with Gasteiger partial charge in [0.05, 0.1) is 5.52 Å². The molecule has 0 spiro atoms. The molecule has 2 N–H and O–H groups in total. The molecule has 0 radical (unpaired) electrons. The molecule has 1 aliphatic rings. The molecule has 0 atom stereocenters. The van der Waals surface area contributed by atoms with Crippen molar-refractivity contribution >= 4 is 34.9 Å². The number of aromatic nitrogens is 1. The van der Waals surface area contributed by atoms with Gasteiger partial charge >= 0.3 is 7.12 Å². The van der Waals surface area contributed by atoms with Crippen LogP contribution in [0.15, 0.2) is 72.2 Å². The van der Waals surface area contributed by atoms with Crippen molar-refractivity contribution in [1.29, 1.82) is 0 Å². The molecule has 0 saturated heterocycles. The van der Waals surface area contributed by atoms with Crippen molar-refractivity contribution < 1.29 is 10.0 Å². The third-order valence-electron chi connectivity index (χ3n) is 5.32. The summed E-state index contributed by atoms with van der Waals surface area (Å²) in [6.07, 6.45) is 3.40. The molecular formula is C22H18BNO2. The lowest BCUT2D eigenvalue weighted by molar-refractivity contribution is 0.416. The maximum absolute atomic E-state index is 9.60. The number of benzene rings is 3. The number of hydrogen-bond acceptors (Lipinski definition) is 2. The van der Waals surface area contributed by atoms with E-state index in [0.717, 1.165) is 28.6 Å². The molecule has 26 heavy (non-hydrogen) atoms. The maximum Gasteiger partial charge on any atom is 0.484 e. The van der Waals surface area contributed by atoms with Crippen molar-refractivity contribution in [3.05, 3.63) is 83.5 Å². The lowest BCUT2D eigenvalue weighted by atomic mass is 9.73. The highest BCUT2D eigenvalue weighted by molar-refractivity contribution is 6.52. The van der Waals surface area contributed by atoms with Crippen LogP contribution >= 0.6 is 0 Å². The summed E-state index contributed by atoms with van der Waals surface area (Å²) in [6, 6.07) is 23.2. The minimum Gasteiger partial charge on any atom is -0.423 e. The quantitative estimate of drug-likeness (QED) is 0.540. The summed E-state index contributed by atoms with van der Waals surface area (Å²) in [4.78, 5) is 0. The zero-order valence-electron chi connectivity index (χ0n) is 14.3. The first-order valence-electron chi connectivity index (χ1n) is 8.90. The maximum atomic E-state index is 9.60. The van der Waals surface area contributed by atoms with Crippen molar-refractivity contribution in [1.82, 2.24) is 4.57 Å². The van der Waals surface area contributed by atoms with Crippen molar-refractivity contribution in [2.24, 2.45) is 0 Å². The van der Waals surface area contributed by atoms with E-state index in [1.165, 1.54) is 16.5 Å². The van der Waals surface area contributed by atoms with Crippen molar-refractivity contribution in [3.63, 3.8) is 0 Å². The van der Waals surface area contributed by atoms with Crippen LogP contribution < -0.4 is 0 Å². The highest BCUT2D eigenvalue weighted by atomic mass is 16.4. The molecule has 4 aromatic rings. The van der Waals surface area contributed by atoms with Crippen LogP contribution in [0.5, 0.6) is 0 Å². The van der Waals surface area contributed by atoms with Crippen LogP contribution in [0.4, 0.5) is 0 Å². The first-order chi connectivity index (χ1) is 12.7. The Morgan fingerprint density at radius 3 is 2.42 bits per heavy atom. The number of nitrogens with zero attached hydrogens (tertiary/aromatic N) is 1. The van der Waals surface area contributed by atoms with Crippen LogP contribution in [0.25, 0.3) is 33.4 Å². The second-order valence-corrected chi connectivity index (χ2v) is 6.84. The van der Waals surface area contributed by atoms with Gasteiger partial charge in [-0.05, 0) is 47.3 Å². The number of fused-ring (bicyclic) bond motifs is 4. The van der Waals surface area contributed by atoms with E-state index < -0.39 is 7.12 Å². The monoisotopic (exact) mass is 339 g/mol. The van der Waals surface area contributed by atoms with Crippen LogP contribution in [-0.2, 0) is 6.42 Å². The fourth-order valence-corrected chi connectivity index (χ4v) is 4.06. The van der Waals surface area contributed by atoms with E-state index in [9.17, 15) is 10.0 Å². The van der Waals surface area contributed by atoms with Crippen molar-refractivity contribution in [2.75, 3.05) is 0 Å². The van der Waals surface area contributed by atoms with Gasteiger partial charge in [-0.1, -0.05) is 54.6 Å². The molecule has 0 aliphatic heterocycles. The third kappa shape index (κ3) is 2.31. The minimum atomic E-state index is -1.38. The number of rotatable bonds is 2. The molecule has 3 nitrogen and oxygen atoms in total. The Balaban J connectivity index is 1.81. The van der Waals surface area contributed by atoms with E-state index in [1.54, 1.807) is 0 Å². The van der Waals surface area contributed by atoms with Gasteiger partial charge in [0.1, 0.15) is 0 Å².